The molecule has 31 heavy (non-hydrogen) atoms. The number of nitro benzene ring substituents is 1. The Kier molecular flexibility index (Phi) is 5.81. The van der Waals surface area contributed by atoms with Gasteiger partial charge in [-0.1, -0.05) is 12.1 Å². The fourth-order valence-electron chi connectivity index (χ4n) is 2.69. The molecule has 162 valence electrons. The molecule has 1 N–H and O–H groups in total. The Morgan fingerprint density at radius 3 is 2.42 bits per heavy atom. The van der Waals surface area contributed by atoms with Crippen molar-refractivity contribution >= 4 is 17.3 Å². The van der Waals surface area contributed by atoms with E-state index in [1.54, 1.807) is 24.3 Å². The van der Waals surface area contributed by atoms with Crippen LogP contribution in [0.15, 0.2) is 48.5 Å². The molecule has 0 aliphatic carbocycles. The van der Waals surface area contributed by atoms with Crippen LogP contribution >= 0.6 is 0 Å². The lowest BCUT2D eigenvalue weighted by atomic mass is 10.2. The third-order valence-corrected chi connectivity index (χ3v) is 4.06. The highest BCUT2D eigenvalue weighted by Crippen LogP contribution is 2.35. The summed E-state index contributed by atoms with van der Waals surface area (Å²) in [4.78, 5) is 22.9. The van der Waals surface area contributed by atoms with Crippen molar-refractivity contribution in [1.29, 1.82) is 0 Å². The maximum atomic E-state index is 12.9. The van der Waals surface area contributed by atoms with E-state index in [1.165, 1.54) is 13.2 Å². The standard InChI is InChI=1S/C19H15F3N4O5/c1-25-17(19(20,21)22)10-14(24-25)18(27)23-11-7-12(26(28)29)9-13(8-11)31-16-6-4-3-5-15(16)30-2/h3-10H,1-2H3,(H,23,27). The van der Waals surface area contributed by atoms with Gasteiger partial charge >= 0.3 is 6.18 Å². The zero-order chi connectivity index (χ0) is 22.8. The fraction of sp³-hybridized carbons (Fsp3) is 0.158. The second-order valence-electron chi connectivity index (χ2n) is 6.22. The molecule has 0 atom stereocenters. The molecule has 1 aromatic heterocycles. The van der Waals surface area contributed by atoms with Crippen molar-refractivity contribution in [2.24, 2.45) is 7.05 Å². The van der Waals surface area contributed by atoms with Gasteiger partial charge in [0.25, 0.3) is 11.6 Å². The summed E-state index contributed by atoms with van der Waals surface area (Å²) in [6.45, 7) is 0. The number of non-ortho nitro benzene ring substituents is 1. The lowest BCUT2D eigenvalue weighted by Gasteiger charge is -2.11. The van der Waals surface area contributed by atoms with Gasteiger partial charge in [-0.3, -0.25) is 19.6 Å². The molecule has 1 heterocycles. The predicted octanol–water partition coefficient (Wildman–Crippen LogP) is 4.40. The number of carbonyl (C=O) groups is 1. The number of aryl methyl sites for hydroxylation is 1. The number of aromatic nitrogens is 2. The number of nitrogens with zero attached hydrogens (tertiary/aromatic N) is 3. The number of anilines is 1. The van der Waals surface area contributed by atoms with Crippen molar-refractivity contribution in [3.63, 3.8) is 0 Å². The zero-order valence-electron chi connectivity index (χ0n) is 16.1. The number of para-hydroxylation sites is 2. The van der Waals surface area contributed by atoms with Gasteiger partial charge in [0.1, 0.15) is 11.4 Å². The Bertz CT molecular complexity index is 1140. The van der Waals surface area contributed by atoms with E-state index in [0.717, 1.165) is 19.2 Å². The van der Waals surface area contributed by atoms with Crippen LogP contribution in [0.1, 0.15) is 16.2 Å². The molecule has 2 aromatic carbocycles. The van der Waals surface area contributed by atoms with E-state index >= 15 is 0 Å². The highest BCUT2D eigenvalue weighted by Gasteiger charge is 2.35. The minimum absolute atomic E-state index is 0.00556. The number of methoxy groups -OCH3 is 1. The molecule has 0 radical (unpaired) electrons. The highest BCUT2D eigenvalue weighted by atomic mass is 19.4. The van der Waals surface area contributed by atoms with Crippen molar-refractivity contribution < 1.29 is 32.4 Å². The topological polar surface area (TPSA) is 109 Å². The number of carbonyl (C=O) groups excluding carboxylic acids is 1. The second-order valence-corrected chi connectivity index (χ2v) is 6.22. The Morgan fingerprint density at radius 1 is 1.16 bits per heavy atom. The van der Waals surface area contributed by atoms with Crippen molar-refractivity contribution in [3.05, 3.63) is 70.0 Å². The molecule has 9 nitrogen and oxygen atoms in total. The molecule has 0 fully saturated rings. The SMILES string of the molecule is COc1ccccc1Oc1cc(NC(=O)c2cc(C(F)(F)F)n(C)n2)cc([N+](=O)[O-])c1. The summed E-state index contributed by atoms with van der Waals surface area (Å²) >= 11 is 0. The summed E-state index contributed by atoms with van der Waals surface area (Å²) in [7, 11) is 2.47. The number of ether oxygens (including phenoxy) is 2. The van der Waals surface area contributed by atoms with Crippen LogP contribution in [0, 0.1) is 10.1 Å². The molecule has 0 bridgehead atoms. The summed E-state index contributed by atoms with van der Waals surface area (Å²) in [5, 5.41) is 17.1. The Labute approximate surface area is 173 Å². The maximum absolute atomic E-state index is 12.9. The van der Waals surface area contributed by atoms with Crippen LogP contribution in [-0.2, 0) is 13.2 Å². The average Bonchev–Trinajstić information content (AvgIpc) is 3.10. The predicted molar refractivity (Wildman–Crippen MR) is 102 cm³/mol. The molecule has 0 spiro atoms. The Balaban J connectivity index is 1.91. The molecule has 0 saturated heterocycles. The van der Waals surface area contributed by atoms with E-state index in [9.17, 15) is 28.1 Å². The summed E-state index contributed by atoms with van der Waals surface area (Å²) in [5.41, 5.74) is -2.09. The molecule has 3 aromatic rings. The number of nitro groups is 1. The van der Waals surface area contributed by atoms with Gasteiger partial charge in [0.05, 0.1) is 23.8 Å². The molecule has 0 unspecified atom stereocenters. The molecule has 3 rings (SSSR count). The lowest BCUT2D eigenvalue weighted by Crippen LogP contribution is -2.13. The smallest absolute Gasteiger partial charge is 0.433 e. The molecule has 0 aliphatic rings. The van der Waals surface area contributed by atoms with Crippen molar-refractivity contribution in [2.45, 2.75) is 6.18 Å². The first-order chi connectivity index (χ1) is 14.6. The first-order valence-corrected chi connectivity index (χ1v) is 8.61. The van der Waals surface area contributed by atoms with Crippen molar-refractivity contribution in [2.75, 3.05) is 12.4 Å². The van der Waals surface area contributed by atoms with Crippen LogP contribution in [-0.4, -0.2) is 27.7 Å². The van der Waals surface area contributed by atoms with E-state index in [2.05, 4.69) is 10.4 Å². The van der Waals surface area contributed by atoms with Crippen LogP contribution in [0.4, 0.5) is 24.5 Å². The minimum Gasteiger partial charge on any atom is -0.493 e. The quantitative estimate of drug-likeness (QED) is 0.453. The van der Waals surface area contributed by atoms with Gasteiger partial charge in [-0.05, 0) is 12.1 Å². The molecular formula is C19H15F3N4O5. The van der Waals surface area contributed by atoms with E-state index in [1.807, 2.05) is 0 Å². The van der Waals surface area contributed by atoms with E-state index < -0.39 is 34.1 Å². The van der Waals surface area contributed by atoms with Gasteiger partial charge in [0.15, 0.2) is 17.2 Å². The van der Waals surface area contributed by atoms with Gasteiger partial charge in [0, 0.05) is 25.2 Å². The molecular weight excluding hydrogens is 421 g/mol. The average molecular weight is 436 g/mol. The maximum Gasteiger partial charge on any atom is 0.433 e. The number of benzene rings is 2. The molecule has 0 saturated carbocycles. The first kappa shape index (κ1) is 21.6. The minimum atomic E-state index is -4.69. The normalized spacial score (nSPS) is 11.1. The van der Waals surface area contributed by atoms with Crippen LogP contribution in [0.5, 0.6) is 17.2 Å². The first-order valence-electron chi connectivity index (χ1n) is 8.61. The van der Waals surface area contributed by atoms with Gasteiger partial charge in [-0.25, -0.2) is 0 Å². The van der Waals surface area contributed by atoms with Crippen LogP contribution < -0.4 is 14.8 Å². The number of amides is 1. The summed E-state index contributed by atoms with van der Waals surface area (Å²) < 4.78 is 50.1. The molecule has 0 aliphatic heterocycles. The largest absolute Gasteiger partial charge is 0.493 e. The summed E-state index contributed by atoms with van der Waals surface area (Å²) in [6.07, 6.45) is -4.69. The van der Waals surface area contributed by atoms with Crippen LogP contribution in [0.3, 0.4) is 0 Å². The fourth-order valence-corrected chi connectivity index (χ4v) is 2.69. The lowest BCUT2D eigenvalue weighted by molar-refractivity contribution is -0.384. The third-order valence-electron chi connectivity index (χ3n) is 4.06. The van der Waals surface area contributed by atoms with Gasteiger partial charge < -0.3 is 14.8 Å². The molecule has 12 heteroatoms. The van der Waals surface area contributed by atoms with Gasteiger partial charge in [-0.15, -0.1) is 0 Å². The zero-order valence-corrected chi connectivity index (χ0v) is 16.1. The number of alkyl halides is 3. The number of hydrogen-bond acceptors (Lipinski definition) is 6. The third kappa shape index (κ3) is 4.91. The van der Waals surface area contributed by atoms with Crippen molar-refractivity contribution in [3.8, 4) is 17.2 Å². The summed E-state index contributed by atoms with van der Waals surface area (Å²) in [5.74, 6) is -0.337. The molecule has 1 amide bonds. The second kappa shape index (κ2) is 8.34. The number of rotatable bonds is 6. The van der Waals surface area contributed by atoms with Gasteiger partial charge in [-0.2, -0.15) is 18.3 Å². The number of halogens is 3. The summed E-state index contributed by atoms with van der Waals surface area (Å²) in [6, 6.07) is 10.6. The Hall–Kier alpha value is -4.09. The number of nitrogens with one attached hydrogen (secondary N) is 1. The number of hydrogen-bond donors (Lipinski definition) is 1. The monoisotopic (exact) mass is 436 g/mol. The van der Waals surface area contributed by atoms with Crippen LogP contribution in [0.25, 0.3) is 0 Å². The Morgan fingerprint density at radius 2 is 1.84 bits per heavy atom. The van der Waals surface area contributed by atoms with E-state index in [4.69, 9.17) is 9.47 Å². The van der Waals surface area contributed by atoms with Gasteiger partial charge in [0.2, 0.25) is 0 Å². The van der Waals surface area contributed by atoms with Crippen molar-refractivity contribution in [1.82, 2.24) is 9.78 Å². The van der Waals surface area contributed by atoms with E-state index in [-0.39, 0.29) is 17.2 Å². The van der Waals surface area contributed by atoms with E-state index in [0.29, 0.717) is 16.5 Å². The van der Waals surface area contributed by atoms with Crippen LogP contribution in [0.2, 0.25) is 0 Å². The highest BCUT2D eigenvalue weighted by molar-refractivity contribution is 6.03.